The van der Waals surface area contributed by atoms with Crippen molar-refractivity contribution in [2.24, 2.45) is 0 Å². The predicted octanol–water partition coefficient (Wildman–Crippen LogP) is 3.03. The third-order valence-electron chi connectivity index (χ3n) is 2.74. The van der Waals surface area contributed by atoms with Gasteiger partial charge in [-0.2, -0.15) is 5.26 Å². The maximum atomic E-state index is 13.5. The summed E-state index contributed by atoms with van der Waals surface area (Å²) in [6.07, 6.45) is 0. The molecule has 102 valence electrons. The average molecular weight is 270 g/mol. The Labute approximate surface area is 117 Å². The number of nitrogens with two attached hydrogens (primary N) is 1. The zero-order chi connectivity index (χ0) is 14.9. The van der Waals surface area contributed by atoms with Crippen molar-refractivity contribution in [3.63, 3.8) is 0 Å². The van der Waals surface area contributed by atoms with Crippen molar-refractivity contribution >= 4 is 5.82 Å². The Morgan fingerprint density at radius 3 is 2.45 bits per heavy atom. The van der Waals surface area contributed by atoms with E-state index in [-0.39, 0.29) is 11.0 Å². The molecule has 0 amide bonds. The Morgan fingerprint density at radius 2 is 1.85 bits per heavy atom. The van der Waals surface area contributed by atoms with Gasteiger partial charge in [-0.15, -0.1) is 0 Å². The molecule has 0 fully saturated rings. The molecule has 1 heterocycles. The monoisotopic (exact) mass is 270 g/mol. The van der Waals surface area contributed by atoms with Gasteiger partial charge in [0.2, 0.25) is 0 Å². The zero-order valence-electron chi connectivity index (χ0n) is 11.6. The first-order chi connectivity index (χ1) is 9.29. The van der Waals surface area contributed by atoms with Crippen LogP contribution in [0, 0.1) is 17.1 Å². The van der Waals surface area contributed by atoms with E-state index in [1.54, 1.807) is 12.1 Å². The predicted molar refractivity (Wildman–Crippen MR) is 75.3 cm³/mol. The molecule has 2 rings (SSSR count). The second-order valence-corrected chi connectivity index (χ2v) is 5.59. The van der Waals surface area contributed by atoms with Crippen LogP contribution in [-0.4, -0.2) is 9.97 Å². The number of halogens is 1. The first-order valence-corrected chi connectivity index (χ1v) is 6.16. The van der Waals surface area contributed by atoms with Gasteiger partial charge in [-0.05, 0) is 18.2 Å². The Bertz CT molecular complexity index is 696. The first-order valence-electron chi connectivity index (χ1n) is 6.16. The third kappa shape index (κ3) is 2.91. The average Bonchev–Trinajstić information content (AvgIpc) is 2.36. The highest BCUT2D eigenvalue weighted by Crippen LogP contribution is 2.25. The molecule has 0 saturated heterocycles. The van der Waals surface area contributed by atoms with E-state index in [1.807, 2.05) is 26.8 Å². The van der Waals surface area contributed by atoms with E-state index in [0.717, 1.165) is 0 Å². The van der Waals surface area contributed by atoms with E-state index in [4.69, 9.17) is 11.0 Å². The van der Waals surface area contributed by atoms with Gasteiger partial charge in [-0.1, -0.05) is 20.8 Å². The van der Waals surface area contributed by atoms with Crippen molar-refractivity contribution in [2.45, 2.75) is 26.2 Å². The Balaban J connectivity index is 2.62. The molecule has 0 saturated carbocycles. The second-order valence-electron chi connectivity index (χ2n) is 5.59. The van der Waals surface area contributed by atoms with E-state index >= 15 is 0 Å². The third-order valence-corrected chi connectivity index (χ3v) is 2.74. The first kappa shape index (κ1) is 13.9. The number of aromatic nitrogens is 2. The number of hydrogen-bond donors (Lipinski definition) is 1. The fraction of sp³-hybridized carbons (Fsp3) is 0.267. The number of rotatable bonds is 1. The maximum absolute atomic E-state index is 13.5. The molecule has 1 aromatic heterocycles. The van der Waals surface area contributed by atoms with Crippen LogP contribution in [0.15, 0.2) is 24.3 Å². The van der Waals surface area contributed by atoms with E-state index in [0.29, 0.717) is 22.9 Å². The summed E-state index contributed by atoms with van der Waals surface area (Å²) >= 11 is 0. The molecular weight excluding hydrogens is 255 g/mol. The summed E-state index contributed by atoms with van der Waals surface area (Å²) in [6, 6.07) is 7.59. The lowest BCUT2D eigenvalue weighted by molar-refractivity contribution is 0.547. The number of nitrogens with zero attached hydrogens (tertiary/aromatic N) is 3. The van der Waals surface area contributed by atoms with E-state index in [2.05, 4.69) is 9.97 Å². The highest BCUT2D eigenvalue weighted by Gasteiger charge is 2.19. The number of nitriles is 1. The van der Waals surface area contributed by atoms with Gasteiger partial charge in [0, 0.05) is 17.0 Å². The minimum Gasteiger partial charge on any atom is -0.384 e. The Kier molecular flexibility index (Phi) is 3.41. The summed E-state index contributed by atoms with van der Waals surface area (Å²) in [5.74, 6) is 0.423. The SMILES string of the molecule is CC(C)(C)c1nc(N)cc(-c2cc(F)cc(C#N)c2)n1. The Hall–Kier alpha value is -2.48. The molecule has 0 atom stereocenters. The van der Waals surface area contributed by atoms with Gasteiger partial charge in [0.15, 0.2) is 0 Å². The highest BCUT2D eigenvalue weighted by atomic mass is 19.1. The molecule has 1 aromatic carbocycles. The summed E-state index contributed by atoms with van der Waals surface area (Å²) in [4.78, 5) is 8.63. The van der Waals surface area contributed by atoms with Gasteiger partial charge in [0.25, 0.3) is 0 Å². The van der Waals surface area contributed by atoms with Gasteiger partial charge in [0.05, 0.1) is 17.3 Å². The van der Waals surface area contributed by atoms with Gasteiger partial charge < -0.3 is 5.73 Å². The quantitative estimate of drug-likeness (QED) is 0.864. The van der Waals surface area contributed by atoms with Crippen LogP contribution in [0.5, 0.6) is 0 Å². The fourth-order valence-corrected chi connectivity index (χ4v) is 1.75. The molecule has 0 radical (unpaired) electrons. The van der Waals surface area contributed by atoms with Crippen LogP contribution in [0.25, 0.3) is 11.3 Å². The Morgan fingerprint density at radius 1 is 1.15 bits per heavy atom. The van der Waals surface area contributed by atoms with Gasteiger partial charge in [-0.3, -0.25) is 0 Å². The maximum Gasteiger partial charge on any atom is 0.136 e. The standard InChI is InChI=1S/C15H15FN4/c1-15(2,3)14-19-12(7-13(18)20-14)10-4-9(8-17)5-11(16)6-10/h4-7H,1-3H3,(H2,18,19,20). The molecule has 4 nitrogen and oxygen atoms in total. The van der Waals surface area contributed by atoms with Crippen molar-refractivity contribution in [3.05, 3.63) is 41.5 Å². The molecule has 5 heteroatoms. The van der Waals surface area contributed by atoms with Crippen molar-refractivity contribution in [1.82, 2.24) is 9.97 Å². The van der Waals surface area contributed by atoms with Crippen LogP contribution >= 0.6 is 0 Å². The number of anilines is 1. The lowest BCUT2D eigenvalue weighted by Gasteiger charge is -2.17. The zero-order valence-corrected chi connectivity index (χ0v) is 11.6. The topological polar surface area (TPSA) is 75.6 Å². The van der Waals surface area contributed by atoms with Crippen molar-refractivity contribution in [3.8, 4) is 17.3 Å². The van der Waals surface area contributed by atoms with E-state index in [9.17, 15) is 4.39 Å². The molecule has 20 heavy (non-hydrogen) atoms. The molecule has 2 aromatic rings. The minimum absolute atomic E-state index is 0.245. The minimum atomic E-state index is -0.478. The molecular formula is C15H15FN4. The summed E-state index contributed by atoms with van der Waals surface area (Å²) in [7, 11) is 0. The van der Waals surface area contributed by atoms with E-state index in [1.165, 1.54) is 12.1 Å². The molecule has 2 N–H and O–H groups in total. The van der Waals surface area contributed by atoms with Crippen LogP contribution in [0.2, 0.25) is 0 Å². The molecule has 0 aliphatic carbocycles. The molecule has 0 bridgehead atoms. The van der Waals surface area contributed by atoms with Crippen LogP contribution in [0.4, 0.5) is 10.2 Å². The summed E-state index contributed by atoms with van der Waals surface area (Å²) in [5, 5.41) is 8.90. The van der Waals surface area contributed by atoms with Crippen molar-refractivity contribution in [2.75, 3.05) is 5.73 Å². The van der Waals surface area contributed by atoms with Crippen molar-refractivity contribution in [1.29, 1.82) is 5.26 Å². The second kappa shape index (κ2) is 4.89. The van der Waals surface area contributed by atoms with Crippen LogP contribution in [-0.2, 0) is 5.41 Å². The lowest BCUT2D eigenvalue weighted by Crippen LogP contribution is -2.17. The van der Waals surface area contributed by atoms with Crippen LogP contribution in [0.1, 0.15) is 32.2 Å². The van der Waals surface area contributed by atoms with Crippen molar-refractivity contribution < 1.29 is 4.39 Å². The summed E-state index contributed by atoms with van der Waals surface area (Å²) < 4.78 is 13.5. The van der Waals surface area contributed by atoms with Crippen LogP contribution in [0.3, 0.4) is 0 Å². The highest BCUT2D eigenvalue weighted by molar-refractivity contribution is 5.64. The van der Waals surface area contributed by atoms with Gasteiger partial charge >= 0.3 is 0 Å². The number of hydrogen-bond acceptors (Lipinski definition) is 4. The normalized spacial score (nSPS) is 11.2. The largest absolute Gasteiger partial charge is 0.384 e. The summed E-state index contributed by atoms with van der Waals surface area (Å²) in [6.45, 7) is 5.91. The molecule has 0 spiro atoms. The number of nitrogen functional groups attached to an aromatic ring is 1. The molecule has 0 aliphatic heterocycles. The summed E-state index contributed by atoms with van der Waals surface area (Å²) in [5.41, 5.74) is 6.80. The van der Waals surface area contributed by atoms with Gasteiger partial charge in [0.1, 0.15) is 17.5 Å². The smallest absolute Gasteiger partial charge is 0.136 e. The fourth-order valence-electron chi connectivity index (χ4n) is 1.75. The van der Waals surface area contributed by atoms with E-state index < -0.39 is 5.82 Å². The molecule has 0 aliphatic rings. The lowest BCUT2D eigenvalue weighted by atomic mass is 9.95. The van der Waals surface area contributed by atoms with Gasteiger partial charge in [-0.25, -0.2) is 14.4 Å². The number of benzene rings is 1. The molecule has 0 unspecified atom stereocenters. The van der Waals surface area contributed by atoms with Crippen LogP contribution < -0.4 is 5.73 Å².